The highest BCUT2D eigenvalue weighted by Gasteiger charge is 2.53. The Labute approximate surface area is 67.1 Å². The lowest BCUT2D eigenvalue weighted by Crippen LogP contribution is -2.02. The van der Waals surface area contributed by atoms with Gasteiger partial charge in [0.25, 0.3) is 0 Å². The lowest BCUT2D eigenvalue weighted by molar-refractivity contribution is 0.243. The lowest BCUT2D eigenvalue weighted by Gasteiger charge is -2.14. The molecule has 0 radical (unpaired) electrons. The van der Waals surface area contributed by atoms with Crippen LogP contribution in [0, 0.1) is 0 Å². The number of hydrogen-bond acceptors (Lipinski definition) is 3. The van der Waals surface area contributed by atoms with Crippen molar-refractivity contribution < 1.29 is 13.6 Å². The van der Waals surface area contributed by atoms with E-state index >= 15 is 0 Å². The predicted octanol–water partition coefficient (Wildman–Crippen LogP) is 1.48. The van der Waals surface area contributed by atoms with Crippen molar-refractivity contribution in [3.8, 4) is 0 Å². The Bertz CT molecular complexity index is 180. The van der Waals surface area contributed by atoms with Crippen LogP contribution in [0.15, 0.2) is 0 Å². The summed E-state index contributed by atoms with van der Waals surface area (Å²) in [5.74, 6) is 0. The smallest absolute Gasteiger partial charge is 0.300 e. The van der Waals surface area contributed by atoms with E-state index in [9.17, 15) is 4.57 Å². The van der Waals surface area contributed by atoms with E-state index in [0.717, 1.165) is 0 Å². The van der Waals surface area contributed by atoms with E-state index in [0.29, 0.717) is 12.1 Å². The summed E-state index contributed by atoms with van der Waals surface area (Å²) in [6.07, 6.45) is 0. The minimum Gasteiger partial charge on any atom is -0.300 e. The van der Waals surface area contributed by atoms with Crippen molar-refractivity contribution in [1.82, 2.24) is 4.67 Å². The molecule has 1 unspecified atom stereocenters. The fourth-order valence-electron chi connectivity index (χ4n) is 1.19. The molecule has 11 heavy (non-hydrogen) atoms. The Hall–Kier alpha value is 0.110. The topological polar surface area (TPSA) is 38.5 Å². The van der Waals surface area contributed by atoms with Crippen LogP contribution in [-0.4, -0.2) is 31.0 Å². The monoisotopic (exact) mass is 179 g/mol. The number of rotatable bonds is 3. The van der Waals surface area contributed by atoms with Gasteiger partial charge in [-0.3, -0.25) is 9.05 Å². The summed E-state index contributed by atoms with van der Waals surface area (Å²) in [6.45, 7) is 3.99. The second kappa shape index (κ2) is 2.87. The molecule has 0 saturated carbocycles. The summed E-state index contributed by atoms with van der Waals surface area (Å²) < 4.78 is 23.0. The molecule has 0 bridgehead atoms. The van der Waals surface area contributed by atoms with Gasteiger partial charge in [-0.05, 0) is 13.8 Å². The van der Waals surface area contributed by atoms with Crippen LogP contribution < -0.4 is 0 Å². The molecule has 0 aromatic carbocycles. The Morgan fingerprint density at radius 1 is 1.18 bits per heavy atom. The molecule has 0 aromatic heterocycles. The molecule has 4 nitrogen and oxygen atoms in total. The van der Waals surface area contributed by atoms with E-state index in [2.05, 4.69) is 0 Å². The van der Waals surface area contributed by atoms with Crippen molar-refractivity contribution in [3.05, 3.63) is 0 Å². The van der Waals surface area contributed by atoms with Gasteiger partial charge in [-0.1, -0.05) is 0 Å². The van der Waals surface area contributed by atoms with Crippen molar-refractivity contribution in [2.75, 3.05) is 14.2 Å². The first-order chi connectivity index (χ1) is 5.06. The number of hydrogen-bond donors (Lipinski definition) is 0. The number of nitrogens with zero attached hydrogens (tertiary/aromatic N) is 1. The first-order valence-corrected chi connectivity index (χ1v) is 5.06. The van der Waals surface area contributed by atoms with Crippen LogP contribution in [0.5, 0.6) is 0 Å². The van der Waals surface area contributed by atoms with E-state index in [-0.39, 0.29) is 0 Å². The molecular formula is C6H14NO3P. The summed E-state index contributed by atoms with van der Waals surface area (Å²) >= 11 is 0. The van der Waals surface area contributed by atoms with Crippen molar-refractivity contribution >= 4 is 7.75 Å². The highest BCUT2D eigenvalue weighted by molar-refractivity contribution is 7.51. The van der Waals surface area contributed by atoms with Gasteiger partial charge in [-0.25, -0.2) is 9.24 Å². The summed E-state index contributed by atoms with van der Waals surface area (Å²) in [5.41, 5.74) is 0. The van der Waals surface area contributed by atoms with Gasteiger partial charge < -0.3 is 0 Å². The average molecular weight is 179 g/mol. The summed E-state index contributed by atoms with van der Waals surface area (Å²) in [4.78, 5) is 0. The highest BCUT2D eigenvalue weighted by Crippen LogP contribution is 2.60. The molecule has 0 aliphatic carbocycles. The zero-order valence-corrected chi connectivity index (χ0v) is 8.17. The maximum Gasteiger partial charge on any atom is 0.408 e. The van der Waals surface area contributed by atoms with Gasteiger partial charge in [-0.2, -0.15) is 0 Å². The Morgan fingerprint density at radius 3 is 1.64 bits per heavy atom. The van der Waals surface area contributed by atoms with Crippen molar-refractivity contribution in [1.29, 1.82) is 0 Å². The molecule has 66 valence electrons. The third-order valence-electron chi connectivity index (χ3n) is 2.19. The molecule has 1 aliphatic heterocycles. The van der Waals surface area contributed by atoms with Gasteiger partial charge in [0, 0.05) is 26.3 Å². The fourth-order valence-corrected chi connectivity index (χ4v) is 2.94. The predicted molar refractivity (Wildman–Crippen MR) is 42.4 cm³/mol. The van der Waals surface area contributed by atoms with Gasteiger partial charge in [0.05, 0.1) is 0 Å². The minimum atomic E-state index is -2.92. The zero-order valence-electron chi connectivity index (χ0n) is 7.27. The quantitative estimate of drug-likeness (QED) is 0.486. The molecule has 1 fully saturated rings. The molecule has 0 amide bonds. The van der Waals surface area contributed by atoms with Crippen molar-refractivity contribution in [2.45, 2.75) is 25.9 Å². The largest absolute Gasteiger partial charge is 0.408 e. The van der Waals surface area contributed by atoms with Gasteiger partial charge in [0.1, 0.15) is 0 Å². The molecule has 0 spiro atoms. The Kier molecular flexibility index (Phi) is 2.40. The third kappa shape index (κ3) is 1.36. The van der Waals surface area contributed by atoms with Crippen LogP contribution in [0.4, 0.5) is 0 Å². The van der Waals surface area contributed by atoms with E-state index in [1.54, 1.807) is 4.67 Å². The second-order valence-corrected chi connectivity index (χ2v) is 4.82. The molecular weight excluding hydrogens is 165 g/mol. The first-order valence-electron chi connectivity index (χ1n) is 3.57. The lowest BCUT2D eigenvalue weighted by atomic mass is 10.4. The van der Waals surface area contributed by atoms with Gasteiger partial charge in [0.2, 0.25) is 0 Å². The molecule has 3 atom stereocenters. The molecule has 5 heteroatoms. The standard InChI is InChI=1S/C6H14NO3P/c1-5-6(2)7(5)11(8,9-3)10-4/h5-6H,1-4H3/t5-,6+,7?. The molecule has 0 aromatic rings. The SMILES string of the molecule is COP(=O)(OC)N1[C@H](C)[C@@H]1C. The van der Waals surface area contributed by atoms with Crippen LogP contribution in [0.1, 0.15) is 13.8 Å². The Balaban J connectivity index is 2.66. The molecule has 1 aliphatic rings. The van der Waals surface area contributed by atoms with Crippen LogP contribution in [-0.2, 0) is 13.6 Å². The Morgan fingerprint density at radius 2 is 1.55 bits per heavy atom. The normalized spacial score (nSPS) is 37.3. The van der Waals surface area contributed by atoms with E-state index < -0.39 is 7.75 Å². The van der Waals surface area contributed by atoms with Gasteiger partial charge in [-0.15, -0.1) is 0 Å². The van der Waals surface area contributed by atoms with Crippen molar-refractivity contribution in [3.63, 3.8) is 0 Å². The fraction of sp³-hybridized carbons (Fsp3) is 1.00. The molecule has 1 rings (SSSR count). The van der Waals surface area contributed by atoms with Crippen LogP contribution in [0.25, 0.3) is 0 Å². The van der Waals surface area contributed by atoms with E-state index in [4.69, 9.17) is 9.05 Å². The van der Waals surface area contributed by atoms with Crippen LogP contribution in [0.3, 0.4) is 0 Å². The van der Waals surface area contributed by atoms with Crippen LogP contribution in [0.2, 0.25) is 0 Å². The summed E-state index contributed by atoms with van der Waals surface area (Å²) in [6, 6.07) is 0.612. The first kappa shape index (κ1) is 9.20. The summed E-state index contributed by atoms with van der Waals surface area (Å²) in [7, 11) is -0.111. The average Bonchev–Trinajstić information content (AvgIpc) is 2.60. The minimum absolute atomic E-state index is 0.306. The van der Waals surface area contributed by atoms with Gasteiger partial charge >= 0.3 is 7.75 Å². The highest BCUT2D eigenvalue weighted by atomic mass is 31.2. The van der Waals surface area contributed by atoms with E-state index in [1.807, 2.05) is 13.8 Å². The molecule has 0 N–H and O–H groups in total. The maximum absolute atomic E-state index is 11.6. The molecule has 1 heterocycles. The van der Waals surface area contributed by atoms with Crippen LogP contribution >= 0.6 is 7.75 Å². The zero-order chi connectivity index (χ0) is 8.65. The van der Waals surface area contributed by atoms with Gasteiger partial charge in [0.15, 0.2) is 0 Å². The second-order valence-electron chi connectivity index (χ2n) is 2.69. The van der Waals surface area contributed by atoms with E-state index in [1.165, 1.54) is 14.2 Å². The maximum atomic E-state index is 11.6. The molecule has 1 saturated heterocycles. The van der Waals surface area contributed by atoms with Crippen molar-refractivity contribution in [2.24, 2.45) is 0 Å². The third-order valence-corrected chi connectivity index (χ3v) is 4.40. The summed E-state index contributed by atoms with van der Waals surface area (Å²) in [5, 5.41) is 0.